The van der Waals surface area contributed by atoms with Gasteiger partial charge in [-0.15, -0.1) is 0 Å². The second kappa shape index (κ2) is 8.25. The number of likely N-dealkylation sites (tertiary alicyclic amines) is 1. The van der Waals surface area contributed by atoms with Crippen LogP contribution in [0.3, 0.4) is 0 Å². The number of amides is 1. The topological polar surface area (TPSA) is 64.3 Å². The number of carbonyl (C=O) groups is 1. The molecule has 2 aliphatic rings. The van der Waals surface area contributed by atoms with Crippen LogP contribution in [0.15, 0.2) is 24.3 Å². The lowest BCUT2D eigenvalue weighted by Gasteiger charge is -2.26. The van der Waals surface area contributed by atoms with E-state index < -0.39 is 23.9 Å². The smallest absolute Gasteiger partial charge is 0.381 e. The Hall–Kier alpha value is -2.62. The molecule has 1 aromatic heterocycles. The lowest BCUT2D eigenvalue weighted by Crippen LogP contribution is -2.38. The van der Waals surface area contributed by atoms with Gasteiger partial charge in [0.2, 0.25) is 0 Å². The monoisotopic (exact) mass is 425 g/mol. The summed E-state index contributed by atoms with van der Waals surface area (Å²) in [7, 11) is 0. The van der Waals surface area contributed by atoms with E-state index in [2.05, 4.69) is 20.4 Å². The molecule has 2 aliphatic heterocycles. The molecule has 4 rings (SSSR count). The molecule has 1 fully saturated rings. The molecule has 1 saturated heterocycles. The summed E-state index contributed by atoms with van der Waals surface area (Å²) in [4.78, 5) is 16.7. The van der Waals surface area contributed by atoms with E-state index in [1.54, 1.807) is 18.2 Å². The molecule has 1 atom stereocenters. The van der Waals surface area contributed by atoms with Gasteiger partial charge >= 0.3 is 6.18 Å². The number of hydrogen-bond donors (Lipinski definition) is 2. The number of carbonyl (C=O) groups excluding carboxylic acids is 1. The van der Waals surface area contributed by atoms with Crippen molar-refractivity contribution in [3.8, 4) is 0 Å². The minimum Gasteiger partial charge on any atom is -0.381 e. The second-order valence-corrected chi connectivity index (χ2v) is 7.67. The summed E-state index contributed by atoms with van der Waals surface area (Å²) < 4.78 is 53.1. The van der Waals surface area contributed by atoms with Crippen LogP contribution in [0.25, 0.3) is 0 Å². The molecule has 0 saturated carbocycles. The maximum absolute atomic E-state index is 14.4. The summed E-state index contributed by atoms with van der Waals surface area (Å²) in [6.07, 6.45) is -3.64. The number of nitrogens with one attached hydrogen (secondary N) is 2. The third kappa shape index (κ3) is 4.28. The van der Waals surface area contributed by atoms with E-state index in [-0.39, 0.29) is 18.8 Å². The average molecular weight is 425 g/mol. The molecule has 0 aliphatic carbocycles. The van der Waals surface area contributed by atoms with Gasteiger partial charge in [0.1, 0.15) is 11.9 Å². The Balaban J connectivity index is 1.57. The zero-order chi connectivity index (χ0) is 21.3. The number of hydrogen-bond acceptors (Lipinski definition) is 4. The Morgan fingerprint density at radius 2 is 2.03 bits per heavy atom. The molecule has 0 radical (unpaired) electrons. The quantitative estimate of drug-likeness (QED) is 0.695. The largest absolute Gasteiger partial charge is 0.435 e. The molecule has 1 amide bonds. The van der Waals surface area contributed by atoms with Gasteiger partial charge in [-0.2, -0.15) is 18.3 Å². The molecular formula is C20H23F4N5O. The molecule has 0 spiro atoms. The fourth-order valence-corrected chi connectivity index (χ4v) is 4.05. The number of aromatic nitrogens is 2. The molecule has 6 nitrogen and oxygen atoms in total. The lowest BCUT2D eigenvalue weighted by atomic mass is 10.0. The summed E-state index contributed by atoms with van der Waals surface area (Å²) in [5.41, 5.74) is 0.477. The van der Waals surface area contributed by atoms with Crippen LogP contribution in [0.2, 0.25) is 0 Å². The average Bonchev–Trinajstić information content (AvgIpc) is 3.45. The van der Waals surface area contributed by atoms with Gasteiger partial charge in [-0.25, -0.2) is 4.39 Å². The maximum atomic E-state index is 14.4. The molecule has 0 bridgehead atoms. The standard InChI is InChI=1S/C20H23F4N5O/c21-14-11-25-15-5-3-4-13(18(14)15)12-29(9-8-28-6-1-2-7-28)19(30)16-10-17(27-26-16)20(22,23)24/h3-5,10,14,25H,1-2,6-9,11-12H2,(H,26,27). The fraction of sp³-hybridized carbons (Fsp3) is 0.500. The van der Waals surface area contributed by atoms with Crippen molar-refractivity contribution in [3.63, 3.8) is 0 Å². The normalized spacial score (nSPS) is 19.0. The van der Waals surface area contributed by atoms with E-state index in [0.717, 1.165) is 32.0 Å². The molecule has 1 unspecified atom stereocenters. The predicted molar refractivity (Wildman–Crippen MR) is 103 cm³/mol. The maximum Gasteiger partial charge on any atom is 0.435 e. The van der Waals surface area contributed by atoms with Crippen molar-refractivity contribution < 1.29 is 22.4 Å². The molecule has 10 heteroatoms. The fourth-order valence-electron chi connectivity index (χ4n) is 4.05. The van der Waals surface area contributed by atoms with Gasteiger partial charge in [0.15, 0.2) is 5.69 Å². The van der Waals surface area contributed by atoms with E-state index in [1.807, 2.05) is 0 Å². The predicted octanol–water partition coefficient (Wildman–Crippen LogP) is 3.60. The highest BCUT2D eigenvalue weighted by atomic mass is 19.4. The summed E-state index contributed by atoms with van der Waals surface area (Å²) in [5, 5.41) is 8.43. The van der Waals surface area contributed by atoms with Crippen molar-refractivity contribution in [1.82, 2.24) is 20.0 Å². The number of nitrogens with zero attached hydrogens (tertiary/aromatic N) is 3. The van der Waals surface area contributed by atoms with Gasteiger partial charge in [-0.05, 0) is 37.6 Å². The SMILES string of the molecule is O=C(c1cc(C(F)(F)F)n[nH]1)N(CCN1CCCC1)Cc1cccc2c1C(F)CN2. The van der Waals surface area contributed by atoms with Crippen LogP contribution >= 0.6 is 0 Å². The Labute approximate surface area is 171 Å². The van der Waals surface area contributed by atoms with Crippen LogP contribution in [0, 0.1) is 0 Å². The minimum absolute atomic E-state index is 0.109. The summed E-state index contributed by atoms with van der Waals surface area (Å²) in [6, 6.07) is 6.03. The van der Waals surface area contributed by atoms with E-state index in [0.29, 0.717) is 29.9 Å². The van der Waals surface area contributed by atoms with Crippen LogP contribution < -0.4 is 5.32 Å². The van der Waals surface area contributed by atoms with Crippen molar-refractivity contribution in [1.29, 1.82) is 0 Å². The summed E-state index contributed by atoms with van der Waals surface area (Å²) in [5.74, 6) is -0.587. The van der Waals surface area contributed by atoms with Crippen LogP contribution in [-0.4, -0.2) is 58.6 Å². The van der Waals surface area contributed by atoms with Crippen molar-refractivity contribution in [2.24, 2.45) is 0 Å². The van der Waals surface area contributed by atoms with E-state index >= 15 is 0 Å². The Kier molecular flexibility index (Phi) is 5.68. The number of rotatable bonds is 6. The second-order valence-electron chi connectivity index (χ2n) is 7.67. The number of aromatic amines is 1. The summed E-state index contributed by atoms with van der Waals surface area (Å²) >= 11 is 0. The third-order valence-corrected chi connectivity index (χ3v) is 5.61. The molecule has 3 heterocycles. The van der Waals surface area contributed by atoms with Crippen molar-refractivity contribution in [3.05, 3.63) is 46.8 Å². The highest BCUT2D eigenvalue weighted by Gasteiger charge is 2.35. The highest BCUT2D eigenvalue weighted by molar-refractivity contribution is 5.92. The van der Waals surface area contributed by atoms with Gasteiger partial charge < -0.3 is 15.1 Å². The van der Waals surface area contributed by atoms with Gasteiger partial charge in [0, 0.05) is 37.0 Å². The molecule has 162 valence electrons. The van der Waals surface area contributed by atoms with Gasteiger partial charge in [0.05, 0.1) is 6.54 Å². The zero-order valence-corrected chi connectivity index (χ0v) is 16.3. The van der Waals surface area contributed by atoms with Crippen LogP contribution in [-0.2, 0) is 12.7 Å². The van der Waals surface area contributed by atoms with Gasteiger partial charge in [-0.3, -0.25) is 9.89 Å². The summed E-state index contributed by atoms with van der Waals surface area (Å²) in [6.45, 7) is 3.08. The van der Waals surface area contributed by atoms with E-state index in [1.165, 1.54) is 4.90 Å². The van der Waals surface area contributed by atoms with E-state index in [4.69, 9.17) is 0 Å². The minimum atomic E-state index is -4.64. The Morgan fingerprint density at radius 3 is 2.73 bits per heavy atom. The van der Waals surface area contributed by atoms with Crippen LogP contribution in [0.1, 0.15) is 46.3 Å². The Bertz CT molecular complexity index is 907. The van der Waals surface area contributed by atoms with Gasteiger partial charge in [0.25, 0.3) is 5.91 Å². The van der Waals surface area contributed by atoms with E-state index in [9.17, 15) is 22.4 Å². The first kappa shape index (κ1) is 20.6. The first-order valence-electron chi connectivity index (χ1n) is 9.97. The zero-order valence-electron chi connectivity index (χ0n) is 16.3. The number of H-pyrrole nitrogens is 1. The van der Waals surface area contributed by atoms with Gasteiger partial charge in [-0.1, -0.05) is 12.1 Å². The first-order valence-corrected chi connectivity index (χ1v) is 9.97. The molecule has 2 N–H and O–H groups in total. The van der Waals surface area contributed by atoms with Crippen molar-refractivity contribution >= 4 is 11.6 Å². The molecule has 1 aromatic carbocycles. The highest BCUT2D eigenvalue weighted by Crippen LogP contribution is 2.36. The number of anilines is 1. The number of benzene rings is 1. The lowest BCUT2D eigenvalue weighted by molar-refractivity contribution is -0.141. The molecule has 2 aromatic rings. The molecule has 30 heavy (non-hydrogen) atoms. The number of fused-ring (bicyclic) bond motifs is 1. The molecular weight excluding hydrogens is 402 g/mol. The van der Waals surface area contributed by atoms with Crippen molar-refractivity contribution in [2.45, 2.75) is 31.7 Å². The number of alkyl halides is 4. The Morgan fingerprint density at radius 1 is 1.27 bits per heavy atom. The van der Waals surface area contributed by atoms with Crippen LogP contribution in [0.5, 0.6) is 0 Å². The van der Waals surface area contributed by atoms with Crippen molar-refractivity contribution in [2.75, 3.05) is 38.0 Å². The number of halogens is 4. The third-order valence-electron chi connectivity index (χ3n) is 5.61. The first-order chi connectivity index (χ1) is 14.3. The van der Waals surface area contributed by atoms with Crippen LogP contribution in [0.4, 0.5) is 23.2 Å².